The monoisotopic (exact) mass is 543 g/mol. The number of amides is 1. The number of benzene rings is 3. The predicted octanol–water partition coefficient (Wildman–Crippen LogP) is 4.56. The lowest BCUT2D eigenvalue weighted by Gasteiger charge is -2.25. The summed E-state index contributed by atoms with van der Waals surface area (Å²) in [6, 6.07) is 19.8. The minimum atomic E-state index is -0.648. The maximum atomic E-state index is 13.9. The van der Waals surface area contributed by atoms with Gasteiger partial charge in [0.05, 0.1) is 26.9 Å². The molecule has 7 nitrogen and oxygen atoms in total. The lowest BCUT2D eigenvalue weighted by atomic mass is 9.94. The molecule has 3 heterocycles. The molecule has 0 spiro atoms. The van der Waals surface area contributed by atoms with Gasteiger partial charge in [0.1, 0.15) is 0 Å². The highest BCUT2D eigenvalue weighted by atomic mass is 35.5. The Labute approximate surface area is 226 Å². The smallest absolute Gasteiger partial charge is 0.271 e. The summed E-state index contributed by atoms with van der Waals surface area (Å²) in [5.74, 6) is 0.829. The predicted molar refractivity (Wildman–Crippen MR) is 148 cm³/mol. The number of hydrogen-bond acceptors (Lipinski definition) is 6. The van der Waals surface area contributed by atoms with Gasteiger partial charge in [0.2, 0.25) is 6.79 Å². The highest BCUT2D eigenvalue weighted by molar-refractivity contribution is 7.07. The second kappa shape index (κ2) is 9.63. The zero-order valence-electron chi connectivity index (χ0n) is 20.5. The van der Waals surface area contributed by atoms with Crippen molar-refractivity contribution in [2.45, 2.75) is 19.9 Å². The van der Waals surface area contributed by atoms with Crippen molar-refractivity contribution in [3.63, 3.8) is 0 Å². The van der Waals surface area contributed by atoms with Crippen LogP contribution < -0.4 is 29.7 Å². The largest absolute Gasteiger partial charge is 0.454 e. The van der Waals surface area contributed by atoms with E-state index in [1.165, 1.54) is 11.3 Å². The standard InChI is InChI=1S/C29H22ClN3O4S/c1-16-8-10-18(11-9-16)26-25(27(34)32-20-6-4-3-5-7-20)17(2)31-29-33(26)28(35)24(38-29)13-19-12-22-23(14-21(19)30)37-15-36-22/h3-14,26H,15H2,1-2H3,(H,32,34)/b24-13+. The first-order valence-electron chi connectivity index (χ1n) is 11.9. The number of ether oxygens (including phenoxy) is 2. The molecule has 1 unspecified atom stereocenters. The van der Waals surface area contributed by atoms with Crippen LogP contribution in [0.1, 0.15) is 29.7 Å². The molecule has 0 saturated carbocycles. The summed E-state index contributed by atoms with van der Waals surface area (Å²) in [4.78, 5) is 32.7. The number of allylic oxidation sites excluding steroid dienone is 1. The Morgan fingerprint density at radius 2 is 1.79 bits per heavy atom. The van der Waals surface area contributed by atoms with Gasteiger partial charge in [0.15, 0.2) is 16.3 Å². The van der Waals surface area contributed by atoms with Crippen LogP contribution in [0.2, 0.25) is 5.02 Å². The zero-order chi connectivity index (χ0) is 26.4. The zero-order valence-corrected chi connectivity index (χ0v) is 22.1. The van der Waals surface area contributed by atoms with E-state index in [0.717, 1.165) is 11.1 Å². The Morgan fingerprint density at radius 3 is 2.53 bits per heavy atom. The van der Waals surface area contributed by atoms with Gasteiger partial charge in [-0.15, -0.1) is 0 Å². The van der Waals surface area contributed by atoms with Crippen molar-refractivity contribution in [3.8, 4) is 11.5 Å². The molecule has 4 aromatic rings. The van der Waals surface area contributed by atoms with Gasteiger partial charge in [-0.2, -0.15) is 0 Å². The summed E-state index contributed by atoms with van der Waals surface area (Å²) in [7, 11) is 0. The molecule has 2 aliphatic heterocycles. The second-order valence-corrected chi connectivity index (χ2v) is 10.5. The molecule has 9 heteroatoms. The van der Waals surface area contributed by atoms with E-state index in [0.29, 0.717) is 48.4 Å². The molecule has 38 heavy (non-hydrogen) atoms. The first kappa shape index (κ1) is 24.2. The van der Waals surface area contributed by atoms with Crippen molar-refractivity contribution < 1.29 is 14.3 Å². The fourth-order valence-electron chi connectivity index (χ4n) is 4.58. The van der Waals surface area contributed by atoms with Crippen LogP contribution in [0.15, 0.2) is 87.8 Å². The first-order valence-corrected chi connectivity index (χ1v) is 13.1. The molecule has 1 aromatic heterocycles. The van der Waals surface area contributed by atoms with Crippen LogP contribution in [-0.2, 0) is 4.79 Å². The fourth-order valence-corrected chi connectivity index (χ4v) is 5.83. The van der Waals surface area contributed by atoms with Gasteiger partial charge in [-0.3, -0.25) is 14.2 Å². The Bertz CT molecular complexity index is 1790. The average molecular weight is 544 g/mol. The van der Waals surface area contributed by atoms with E-state index in [1.54, 1.807) is 29.7 Å². The molecule has 0 fully saturated rings. The van der Waals surface area contributed by atoms with Gasteiger partial charge in [-0.05, 0) is 49.2 Å². The van der Waals surface area contributed by atoms with Gasteiger partial charge in [0, 0.05) is 11.8 Å². The Morgan fingerprint density at radius 1 is 1.08 bits per heavy atom. The third kappa shape index (κ3) is 4.31. The van der Waals surface area contributed by atoms with E-state index in [-0.39, 0.29) is 18.3 Å². The average Bonchev–Trinajstić information content (AvgIpc) is 3.47. The van der Waals surface area contributed by atoms with E-state index in [2.05, 4.69) is 10.3 Å². The molecule has 2 aliphatic rings. The molecule has 6 rings (SSSR count). The van der Waals surface area contributed by atoms with Crippen molar-refractivity contribution in [2.24, 2.45) is 4.99 Å². The third-order valence-corrected chi connectivity index (χ3v) is 7.78. The third-order valence-electron chi connectivity index (χ3n) is 6.47. The van der Waals surface area contributed by atoms with E-state index < -0.39 is 6.04 Å². The van der Waals surface area contributed by atoms with Gasteiger partial charge >= 0.3 is 0 Å². The van der Waals surface area contributed by atoms with Crippen LogP contribution in [-0.4, -0.2) is 17.3 Å². The summed E-state index contributed by atoms with van der Waals surface area (Å²) in [6.07, 6.45) is 1.73. The van der Waals surface area contributed by atoms with Crippen molar-refractivity contribution in [1.82, 2.24) is 4.57 Å². The Balaban J connectivity index is 1.50. The van der Waals surface area contributed by atoms with Crippen LogP contribution in [0.25, 0.3) is 6.08 Å². The lowest BCUT2D eigenvalue weighted by molar-refractivity contribution is -0.113. The van der Waals surface area contributed by atoms with Crippen LogP contribution in [0, 0.1) is 6.92 Å². The number of hydrogen-bond donors (Lipinski definition) is 1. The topological polar surface area (TPSA) is 81.9 Å². The number of anilines is 1. The molecule has 0 bridgehead atoms. The first-order chi connectivity index (χ1) is 18.4. The van der Waals surface area contributed by atoms with Crippen molar-refractivity contribution in [2.75, 3.05) is 12.1 Å². The SMILES string of the molecule is CC1=C(C(=O)Nc2ccccc2)C(c2ccc(C)cc2)n2c(s/c(=C/c3cc4c(cc3Cl)OCO4)c2=O)=N1. The second-order valence-electron chi connectivity index (χ2n) is 9.04. The summed E-state index contributed by atoms with van der Waals surface area (Å²) in [5.41, 5.74) is 3.90. The summed E-state index contributed by atoms with van der Waals surface area (Å²) >= 11 is 7.74. The van der Waals surface area contributed by atoms with Crippen LogP contribution in [0.4, 0.5) is 5.69 Å². The number of fused-ring (bicyclic) bond motifs is 2. The molecule has 1 N–H and O–H groups in total. The number of carbonyl (C=O) groups is 1. The van der Waals surface area contributed by atoms with E-state index >= 15 is 0 Å². The van der Waals surface area contributed by atoms with Gasteiger partial charge < -0.3 is 14.8 Å². The normalized spacial score (nSPS) is 16.3. The van der Waals surface area contributed by atoms with Crippen LogP contribution in [0.3, 0.4) is 0 Å². The number of rotatable bonds is 4. The van der Waals surface area contributed by atoms with Crippen molar-refractivity contribution in [1.29, 1.82) is 0 Å². The fraction of sp³-hybridized carbons (Fsp3) is 0.138. The number of nitrogens with zero attached hydrogens (tertiary/aromatic N) is 2. The Kier molecular flexibility index (Phi) is 6.13. The quantitative estimate of drug-likeness (QED) is 0.409. The molecule has 0 radical (unpaired) electrons. The highest BCUT2D eigenvalue weighted by Gasteiger charge is 2.32. The van der Waals surface area contributed by atoms with Gasteiger partial charge in [-0.1, -0.05) is 71.0 Å². The van der Waals surface area contributed by atoms with Crippen molar-refractivity contribution in [3.05, 3.63) is 119 Å². The summed E-state index contributed by atoms with van der Waals surface area (Å²) in [5, 5.41) is 3.40. The molecule has 1 amide bonds. The van der Waals surface area contributed by atoms with E-state index in [1.807, 2.05) is 61.5 Å². The number of thiazole rings is 1. The van der Waals surface area contributed by atoms with Crippen molar-refractivity contribution >= 4 is 40.6 Å². The molecular formula is C29H22ClN3O4S. The number of halogens is 1. The van der Waals surface area contributed by atoms with Crippen LogP contribution in [0.5, 0.6) is 11.5 Å². The van der Waals surface area contributed by atoms with E-state index in [9.17, 15) is 9.59 Å². The van der Waals surface area contributed by atoms with E-state index in [4.69, 9.17) is 21.1 Å². The summed E-state index contributed by atoms with van der Waals surface area (Å²) < 4.78 is 12.9. The Hall–Kier alpha value is -4.14. The van der Waals surface area contributed by atoms with Gasteiger partial charge in [-0.25, -0.2) is 4.99 Å². The molecule has 1 atom stereocenters. The maximum absolute atomic E-state index is 13.9. The highest BCUT2D eigenvalue weighted by Crippen LogP contribution is 2.37. The maximum Gasteiger partial charge on any atom is 0.271 e. The number of para-hydroxylation sites is 1. The molecular weight excluding hydrogens is 522 g/mol. The molecule has 0 aliphatic carbocycles. The minimum absolute atomic E-state index is 0.126. The summed E-state index contributed by atoms with van der Waals surface area (Å²) in [6.45, 7) is 3.92. The minimum Gasteiger partial charge on any atom is -0.454 e. The molecule has 0 saturated heterocycles. The molecule has 190 valence electrons. The van der Waals surface area contributed by atoms with Gasteiger partial charge in [0.25, 0.3) is 11.5 Å². The number of carbonyl (C=O) groups excluding carboxylic acids is 1. The number of aromatic nitrogens is 1. The lowest BCUT2D eigenvalue weighted by Crippen LogP contribution is -2.40. The number of nitrogens with one attached hydrogen (secondary N) is 1. The molecule has 3 aromatic carbocycles. The van der Waals surface area contributed by atoms with Crippen LogP contribution >= 0.6 is 22.9 Å². The number of aryl methyl sites for hydroxylation is 1.